The lowest BCUT2D eigenvalue weighted by Gasteiger charge is -2.39. The van der Waals surface area contributed by atoms with Crippen molar-refractivity contribution in [2.75, 3.05) is 13.1 Å². The minimum absolute atomic E-state index is 0.0962. The highest BCUT2D eigenvalue weighted by Crippen LogP contribution is 2.14. The first-order chi connectivity index (χ1) is 13.6. The fourth-order valence-electron chi connectivity index (χ4n) is 3.10. The molecule has 0 radical (unpaired) electrons. The van der Waals surface area contributed by atoms with Crippen LogP contribution >= 0.6 is 0 Å². The van der Waals surface area contributed by atoms with Crippen LogP contribution in [0.5, 0.6) is 0 Å². The number of hydrogen-bond donors (Lipinski definition) is 1. The third-order valence-electron chi connectivity index (χ3n) is 4.64. The summed E-state index contributed by atoms with van der Waals surface area (Å²) < 4.78 is 11.6. The molecule has 1 fully saturated rings. The topological polar surface area (TPSA) is 93.8 Å². The number of likely N-dealkylation sites (tertiary alicyclic amines) is 1. The third-order valence-corrected chi connectivity index (χ3v) is 4.64. The molecule has 8 nitrogen and oxygen atoms in total. The molecule has 1 N–H and O–H groups in total. The zero-order valence-corrected chi connectivity index (χ0v) is 15.0. The van der Waals surface area contributed by atoms with Crippen LogP contribution in [0.25, 0.3) is 11.1 Å². The molecule has 8 heteroatoms. The second-order valence-corrected chi connectivity index (χ2v) is 6.62. The summed E-state index contributed by atoms with van der Waals surface area (Å²) in [5.74, 6) is -0.765. The highest BCUT2D eigenvalue weighted by Gasteiger charge is 2.32. The van der Waals surface area contributed by atoms with Crippen molar-refractivity contribution in [3.05, 3.63) is 70.7 Å². The van der Waals surface area contributed by atoms with Gasteiger partial charge in [-0.05, 0) is 17.7 Å². The largest absolute Gasteiger partial charge is 0.445 e. The maximum atomic E-state index is 12.4. The second kappa shape index (κ2) is 7.59. The van der Waals surface area contributed by atoms with Gasteiger partial charge in [-0.3, -0.25) is 9.36 Å². The van der Waals surface area contributed by atoms with Gasteiger partial charge in [-0.25, -0.2) is 9.59 Å². The molecule has 0 unspecified atom stereocenters. The van der Waals surface area contributed by atoms with Crippen molar-refractivity contribution < 1.29 is 18.7 Å². The van der Waals surface area contributed by atoms with Gasteiger partial charge in [0.2, 0.25) is 5.91 Å². The smallest absolute Gasteiger partial charge is 0.420 e. The second-order valence-electron chi connectivity index (χ2n) is 6.62. The third kappa shape index (κ3) is 3.75. The Labute approximate surface area is 160 Å². The van der Waals surface area contributed by atoms with Crippen molar-refractivity contribution >= 4 is 23.1 Å². The molecule has 2 amide bonds. The lowest BCUT2D eigenvalue weighted by Crippen LogP contribution is -2.61. The monoisotopic (exact) mass is 381 g/mol. The van der Waals surface area contributed by atoms with Crippen LogP contribution in [0, 0.1) is 0 Å². The number of carbonyl (C=O) groups is 2. The predicted molar refractivity (Wildman–Crippen MR) is 101 cm³/mol. The quantitative estimate of drug-likeness (QED) is 0.726. The van der Waals surface area contributed by atoms with Crippen molar-refractivity contribution in [3.8, 4) is 0 Å². The minimum Gasteiger partial charge on any atom is -0.445 e. The van der Waals surface area contributed by atoms with Gasteiger partial charge in [0.25, 0.3) is 0 Å². The van der Waals surface area contributed by atoms with E-state index in [2.05, 4.69) is 5.32 Å². The lowest BCUT2D eigenvalue weighted by atomic mass is 10.1. The number of nitrogens with zero attached hydrogens (tertiary/aromatic N) is 2. The molecule has 1 aliphatic heterocycles. The maximum Gasteiger partial charge on any atom is 0.420 e. The number of carbonyl (C=O) groups excluding carboxylic acids is 2. The van der Waals surface area contributed by atoms with Crippen molar-refractivity contribution in [3.63, 3.8) is 0 Å². The molecule has 0 spiro atoms. The Morgan fingerprint density at radius 1 is 1.07 bits per heavy atom. The number of amides is 2. The molecule has 2 aromatic carbocycles. The van der Waals surface area contributed by atoms with E-state index < -0.39 is 11.8 Å². The predicted octanol–water partition coefficient (Wildman–Crippen LogP) is 1.73. The van der Waals surface area contributed by atoms with E-state index in [1.807, 2.05) is 30.3 Å². The van der Waals surface area contributed by atoms with E-state index in [1.54, 1.807) is 29.2 Å². The molecule has 3 aromatic rings. The number of ether oxygens (including phenoxy) is 1. The van der Waals surface area contributed by atoms with Crippen LogP contribution in [0.3, 0.4) is 0 Å². The molecule has 0 saturated carbocycles. The summed E-state index contributed by atoms with van der Waals surface area (Å²) in [7, 11) is 0. The van der Waals surface area contributed by atoms with E-state index >= 15 is 0 Å². The lowest BCUT2D eigenvalue weighted by molar-refractivity contribution is -0.136. The first-order valence-electron chi connectivity index (χ1n) is 8.93. The van der Waals surface area contributed by atoms with Gasteiger partial charge in [0.05, 0.1) is 11.6 Å². The highest BCUT2D eigenvalue weighted by molar-refractivity contribution is 5.80. The first kappa shape index (κ1) is 17.8. The van der Waals surface area contributed by atoms with Gasteiger partial charge in [0.1, 0.15) is 13.2 Å². The zero-order chi connectivity index (χ0) is 19.5. The van der Waals surface area contributed by atoms with Crippen LogP contribution in [-0.2, 0) is 22.7 Å². The molecule has 4 rings (SSSR count). The average molecular weight is 381 g/mol. The molecule has 2 heterocycles. The first-order valence-corrected chi connectivity index (χ1v) is 8.93. The van der Waals surface area contributed by atoms with Crippen LogP contribution in [0.1, 0.15) is 5.56 Å². The molecule has 144 valence electrons. The zero-order valence-electron chi connectivity index (χ0n) is 15.0. The van der Waals surface area contributed by atoms with Crippen molar-refractivity contribution in [2.45, 2.75) is 19.2 Å². The summed E-state index contributed by atoms with van der Waals surface area (Å²) in [4.78, 5) is 37.8. The Morgan fingerprint density at radius 3 is 2.57 bits per heavy atom. The van der Waals surface area contributed by atoms with Gasteiger partial charge in [0, 0.05) is 13.1 Å². The summed E-state index contributed by atoms with van der Waals surface area (Å²) in [6.45, 7) is 0.854. The van der Waals surface area contributed by atoms with Gasteiger partial charge < -0.3 is 19.4 Å². The number of benzene rings is 2. The molecule has 0 atom stereocenters. The molecule has 28 heavy (non-hydrogen) atoms. The molecule has 0 bridgehead atoms. The summed E-state index contributed by atoms with van der Waals surface area (Å²) >= 11 is 0. The summed E-state index contributed by atoms with van der Waals surface area (Å²) in [6, 6.07) is 16.2. The van der Waals surface area contributed by atoms with E-state index in [1.165, 1.54) is 4.57 Å². The number of fused-ring (bicyclic) bond motifs is 1. The van der Waals surface area contributed by atoms with E-state index in [0.29, 0.717) is 24.2 Å². The van der Waals surface area contributed by atoms with Crippen molar-refractivity contribution in [1.82, 2.24) is 14.8 Å². The number of aromatic nitrogens is 1. The van der Waals surface area contributed by atoms with E-state index in [-0.39, 0.29) is 25.1 Å². The Balaban J connectivity index is 1.25. The number of nitrogens with one attached hydrogen (secondary N) is 1. The van der Waals surface area contributed by atoms with Crippen LogP contribution in [-0.4, -0.2) is 40.6 Å². The molecule has 1 aromatic heterocycles. The fourth-order valence-corrected chi connectivity index (χ4v) is 3.10. The van der Waals surface area contributed by atoms with Gasteiger partial charge in [-0.15, -0.1) is 0 Å². The van der Waals surface area contributed by atoms with E-state index in [9.17, 15) is 14.4 Å². The minimum atomic E-state index is -0.561. The molecule has 1 aliphatic rings. The number of alkyl carbamates (subject to hydrolysis) is 1. The average Bonchev–Trinajstić information content (AvgIpc) is 2.99. The molecule has 1 saturated heterocycles. The van der Waals surface area contributed by atoms with E-state index in [4.69, 9.17) is 9.15 Å². The summed E-state index contributed by atoms with van der Waals surface area (Å²) in [6.07, 6.45) is -0.516. The van der Waals surface area contributed by atoms with Gasteiger partial charge >= 0.3 is 11.8 Å². The van der Waals surface area contributed by atoms with Gasteiger partial charge in [-0.1, -0.05) is 42.5 Å². The maximum absolute atomic E-state index is 12.4. The Morgan fingerprint density at radius 2 is 1.79 bits per heavy atom. The van der Waals surface area contributed by atoms with Crippen LogP contribution in [0.2, 0.25) is 0 Å². The van der Waals surface area contributed by atoms with Crippen LogP contribution in [0.4, 0.5) is 4.79 Å². The summed E-state index contributed by atoms with van der Waals surface area (Å²) in [5, 5.41) is 2.73. The molecule has 0 aliphatic carbocycles. The number of hydrogen-bond acceptors (Lipinski definition) is 5. The van der Waals surface area contributed by atoms with Crippen molar-refractivity contribution in [2.24, 2.45) is 0 Å². The van der Waals surface area contributed by atoms with Crippen molar-refractivity contribution in [1.29, 1.82) is 0 Å². The Kier molecular flexibility index (Phi) is 4.84. The number of rotatable bonds is 5. The molecular weight excluding hydrogens is 362 g/mol. The number of para-hydroxylation sites is 2. The van der Waals surface area contributed by atoms with Crippen LogP contribution < -0.4 is 11.1 Å². The normalized spacial score (nSPS) is 13.9. The molecular formula is C20H19N3O5. The van der Waals surface area contributed by atoms with E-state index in [0.717, 1.165) is 5.56 Å². The number of oxazole rings is 1. The highest BCUT2D eigenvalue weighted by atomic mass is 16.5. The SMILES string of the molecule is O=C(NC1CN(C(=O)Cn2c(=O)oc3ccccc32)C1)OCc1ccccc1. The Hall–Kier alpha value is -3.55. The van der Waals surface area contributed by atoms with Gasteiger partial charge in [-0.2, -0.15) is 0 Å². The summed E-state index contributed by atoms with van der Waals surface area (Å²) in [5.41, 5.74) is 1.94. The Bertz CT molecular complexity index is 1050. The standard InChI is InChI=1S/C20H19N3O5/c24-18(12-23-16-8-4-5-9-17(16)28-20(23)26)22-10-15(11-22)21-19(25)27-13-14-6-2-1-3-7-14/h1-9,15H,10-13H2,(H,21,25). The van der Waals surface area contributed by atoms with Crippen LogP contribution in [0.15, 0.2) is 63.8 Å². The fraction of sp³-hybridized carbons (Fsp3) is 0.250. The van der Waals surface area contributed by atoms with Gasteiger partial charge in [0.15, 0.2) is 5.58 Å².